The lowest BCUT2D eigenvalue weighted by Crippen LogP contribution is -2.27. The van der Waals surface area contributed by atoms with E-state index in [9.17, 15) is 4.39 Å². The Labute approximate surface area is 213 Å². The van der Waals surface area contributed by atoms with E-state index in [0.717, 1.165) is 54.7 Å². The predicted octanol–water partition coefficient (Wildman–Crippen LogP) is 4.11. The number of H-pyrrole nitrogens is 2. The van der Waals surface area contributed by atoms with Crippen LogP contribution in [0.1, 0.15) is 24.5 Å². The van der Waals surface area contributed by atoms with Crippen LogP contribution >= 0.6 is 0 Å². The molecule has 1 aliphatic heterocycles. The van der Waals surface area contributed by atoms with Crippen LogP contribution in [0.4, 0.5) is 4.39 Å². The van der Waals surface area contributed by atoms with Gasteiger partial charge in [0.15, 0.2) is 11.5 Å². The van der Waals surface area contributed by atoms with Crippen LogP contribution in [-0.4, -0.2) is 75.4 Å². The molecular formula is C27H29FN8O. The fourth-order valence-corrected chi connectivity index (χ4v) is 4.83. The molecule has 190 valence electrons. The molecule has 5 aromatic rings. The van der Waals surface area contributed by atoms with E-state index in [2.05, 4.69) is 31.5 Å². The number of ether oxygens (including phenoxy) is 1. The van der Waals surface area contributed by atoms with Gasteiger partial charge in [0.05, 0.1) is 22.7 Å². The van der Waals surface area contributed by atoms with Gasteiger partial charge in [-0.3, -0.25) is 10.1 Å². The van der Waals surface area contributed by atoms with Gasteiger partial charge in [0.2, 0.25) is 0 Å². The zero-order valence-electron chi connectivity index (χ0n) is 20.9. The molecule has 3 N–H and O–H groups in total. The van der Waals surface area contributed by atoms with Crippen molar-refractivity contribution in [1.29, 1.82) is 0 Å². The first-order valence-corrected chi connectivity index (χ1v) is 12.5. The molecule has 6 rings (SSSR count). The molecule has 0 unspecified atom stereocenters. The topological polar surface area (TPSA) is 108 Å². The molecule has 0 saturated carbocycles. The number of fused-ring (bicyclic) bond motifs is 2. The first-order valence-electron chi connectivity index (χ1n) is 12.5. The highest BCUT2D eigenvalue weighted by Crippen LogP contribution is 2.33. The second kappa shape index (κ2) is 9.87. The van der Waals surface area contributed by atoms with E-state index < -0.39 is 0 Å². The average molecular weight is 501 g/mol. The third-order valence-corrected chi connectivity index (χ3v) is 6.79. The van der Waals surface area contributed by atoms with Gasteiger partial charge < -0.3 is 19.9 Å². The maximum atomic E-state index is 14.5. The van der Waals surface area contributed by atoms with Crippen molar-refractivity contribution in [2.24, 2.45) is 0 Å². The molecule has 1 aliphatic rings. The first-order chi connectivity index (χ1) is 18.0. The third kappa shape index (κ3) is 4.77. The highest BCUT2D eigenvalue weighted by molar-refractivity contribution is 5.95. The molecule has 1 fully saturated rings. The molecule has 0 amide bonds. The minimum atomic E-state index is -0.377. The lowest BCUT2D eigenvalue weighted by Gasteiger charge is -2.22. The van der Waals surface area contributed by atoms with E-state index in [0.29, 0.717) is 46.4 Å². The summed E-state index contributed by atoms with van der Waals surface area (Å²) in [4.78, 5) is 19.6. The number of halogens is 1. The van der Waals surface area contributed by atoms with Crippen LogP contribution in [0.5, 0.6) is 5.75 Å². The monoisotopic (exact) mass is 500 g/mol. The van der Waals surface area contributed by atoms with E-state index in [4.69, 9.17) is 14.7 Å². The van der Waals surface area contributed by atoms with Gasteiger partial charge in [0.1, 0.15) is 23.7 Å². The summed E-state index contributed by atoms with van der Waals surface area (Å²) in [5.41, 5.74) is 6.15. The highest BCUT2D eigenvalue weighted by atomic mass is 19.1. The molecular weight excluding hydrogens is 471 g/mol. The van der Waals surface area contributed by atoms with Crippen molar-refractivity contribution in [3.05, 3.63) is 54.2 Å². The van der Waals surface area contributed by atoms with Crippen LogP contribution in [0.15, 0.2) is 42.7 Å². The van der Waals surface area contributed by atoms with Gasteiger partial charge in [-0.15, -0.1) is 0 Å². The smallest absolute Gasteiger partial charge is 0.161 e. The summed E-state index contributed by atoms with van der Waals surface area (Å²) >= 11 is 0. The van der Waals surface area contributed by atoms with Crippen molar-refractivity contribution >= 4 is 22.1 Å². The van der Waals surface area contributed by atoms with Crippen LogP contribution in [0.2, 0.25) is 0 Å². The highest BCUT2D eigenvalue weighted by Gasteiger charge is 2.21. The fraction of sp³-hybridized carbons (Fsp3) is 0.333. The van der Waals surface area contributed by atoms with Crippen LogP contribution in [-0.2, 0) is 0 Å². The Hall–Kier alpha value is -3.89. The minimum absolute atomic E-state index is 0.377. The SMILES string of the molecule is CN(C)CCOc1cc(F)cc(-c2cncc3[nH]c(-c4n[nH]c5ccc(C6CCNCC6)nc45)nc23)c1. The van der Waals surface area contributed by atoms with E-state index >= 15 is 0 Å². The number of nitrogens with one attached hydrogen (secondary N) is 3. The quantitative estimate of drug-likeness (QED) is 0.309. The third-order valence-electron chi connectivity index (χ3n) is 6.79. The number of aromatic amines is 2. The summed E-state index contributed by atoms with van der Waals surface area (Å²) < 4.78 is 20.3. The largest absolute Gasteiger partial charge is 0.492 e. The standard InChI is InChI=1S/C27H29FN8O/c1-36(2)9-10-37-19-12-17(11-18(28)13-19)20-14-30-15-23-24(20)33-27(32-23)26-25-22(34-35-26)4-3-21(31-25)16-5-7-29-8-6-16/h3-4,11-16,29H,5-10H2,1-2H3,(H,32,33)(H,34,35). The summed E-state index contributed by atoms with van der Waals surface area (Å²) in [7, 11) is 3.93. The van der Waals surface area contributed by atoms with Gasteiger partial charge in [0.25, 0.3) is 0 Å². The molecule has 0 atom stereocenters. The normalized spacial score (nSPS) is 14.7. The Morgan fingerprint density at radius 3 is 2.73 bits per heavy atom. The summed E-state index contributed by atoms with van der Waals surface area (Å²) in [6.07, 6.45) is 5.55. The Kier molecular flexibility index (Phi) is 6.27. The lowest BCUT2D eigenvalue weighted by molar-refractivity contribution is 0.260. The van der Waals surface area contributed by atoms with E-state index in [1.54, 1.807) is 12.4 Å². The van der Waals surface area contributed by atoms with Crippen LogP contribution in [0.3, 0.4) is 0 Å². The molecule has 0 spiro atoms. The number of aromatic nitrogens is 6. The van der Waals surface area contributed by atoms with Crippen molar-refractivity contribution in [3.8, 4) is 28.4 Å². The van der Waals surface area contributed by atoms with Crippen molar-refractivity contribution in [3.63, 3.8) is 0 Å². The van der Waals surface area contributed by atoms with Gasteiger partial charge in [-0.25, -0.2) is 14.4 Å². The number of piperidine rings is 1. The second-order valence-corrected chi connectivity index (χ2v) is 9.72. The number of rotatable bonds is 7. The zero-order valence-corrected chi connectivity index (χ0v) is 20.9. The molecule has 1 saturated heterocycles. The zero-order chi connectivity index (χ0) is 25.4. The number of nitrogens with zero attached hydrogens (tertiary/aromatic N) is 5. The molecule has 10 heteroatoms. The number of pyridine rings is 2. The van der Waals surface area contributed by atoms with Crippen LogP contribution in [0.25, 0.3) is 44.7 Å². The molecule has 0 radical (unpaired) electrons. The molecule has 0 aliphatic carbocycles. The van der Waals surface area contributed by atoms with Gasteiger partial charge in [0, 0.05) is 36.0 Å². The van der Waals surface area contributed by atoms with Crippen LogP contribution < -0.4 is 10.1 Å². The van der Waals surface area contributed by atoms with Gasteiger partial charge in [-0.1, -0.05) is 0 Å². The Bertz CT molecular complexity index is 1550. The Morgan fingerprint density at radius 2 is 1.89 bits per heavy atom. The molecule has 0 bridgehead atoms. The molecule has 1 aromatic carbocycles. The van der Waals surface area contributed by atoms with Gasteiger partial charge in [-0.05, 0) is 69.9 Å². The molecule has 5 heterocycles. The summed E-state index contributed by atoms with van der Waals surface area (Å²) in [5, 5.41) is 11.0. The minimum Gasteiger partial charge on any atom is -0.492 e. The lowest BCUT2D eigenvalue weighted by atomic mass is 9.94. The van der Waals surface area contributed by atoms with Crippen molar-refractivity contribution in [2.45, 2.75) is 18.8 Å². The van der Waals surface area contributed by atoms with Crippen molar-refractivity contribution < 1.29 is 9.13 Å². The molecule has 9 nitrogen and oxygen atoms in total. The molecule has 4 aromatic heterocycles. The van der Waals surface area contributed by atoms with Crippen molar-refractivity contribution in [2.75, 3.05) is 40.3 Å². The van der Waals surface area contributed by atoms with Crippen molar-refractivity contribution in [1.82, 2.24) is 40.3 Å². The van der Waals surface area contributed by atoms with Gasteiger partial charge >= 0.3 is 0 Å². The van der Waals surface area contributed by atoms with E-state index in [1.807, 2.05) is 31.1 Å². The summed E-state index contributed by atoms with van der Waals surface area (Å²) in [6.45, 7) is 3.20. The maximum Gasteiger partial charge on any atom is 0.161 e. The Balaban J connectivity index is 1.37. The number of likely N-dealkylation sites (N-methyl/N-ethyl adjacent to an activating group) is 1. The number of benzene rings is 1. The number of hydrogen-bond acceptors (Lipinski definition) is 7. The number of imidazole rings is 1. The molecule has 37 heavy (non-hydrogen) atoms. The predicted molar refractivity (Wildman–Crippen MR) is 141 cm³/mol. The van der Waals surface area contributed by atoms with E-state index in [-0.39, 0.29) is 5.82 Å². The maximum absolute atomic E-state index is 14.5. The number of hydrogen-bond donors (Lipinski definition) is 3. The average Bonchev–Trinajstić information content (AvgIpc) is 3.52. The summed E-state index contributed by atoms with van der Waals surface area (Å²) in [6, 6.07) is 8.81. The summed E-state index contributed by atoms with van der Waals surface area (Å²) in [5.74, 6) is 1.11. The first kappa shape index (κ1) is 23.5. The second-order valence-electron chi connectivity index (χ2n) is 9.72. The van der Waals surface area contributed by atoms with Crippen LogP contribution in [0, 0.1) is 5.82 Å². The van der Waals surface area contributed by atoms with E-state index in [1.165, 1.54) is 12.1 Å². The fourth-order valence-electron chi connectivity index (χ4n) is 4.83. The van der Waals surface area contributed by atoms with Gasteiger partial charge in [-0.2, -0.15) is 5.10 Å². The Morgan fingerprint density at radius 1 is 1.03 bits per heavy atom.